The Hall–Kier alpha value is -2.43. The monoisotopic (exact) mass is 332 g/mol. The second kappa shape index (κ2) is 7.21. The average Bonchev–Trinajstić information content (AvgIpc) is 3.30. The van der Waals surface area contributed by atoms with Crippen LogP contribution < -0.4 is 5.73 Å². The van der Waals surface area contributed by atoms with Crippen molar-refractivity contribution in [2.75, 3.05) is 19.6 Å². The van der Waals surface area contributed by atoms with E-state index in [1.54, 1.807) is 0 Å². The number of aromatic amines is 1. The van der Waals surface area contributed by atoms with Crippen LogP contribution in [-0.4, -0.2) is 34.5 Å². The predicted molar refractivity (Wildman–Crippen MR) is 101 cm³/mol. The van der Waals surface area contributed by atoms with Crippen LogP contribution >= 0.6 is 0 Å². The number of benzene rings is 2. The number of H-pyrrole nitrogens is 1. The third-order valence-corrected chi connectivity index (χ3v) is 5.12. The van der Waals surface area contributed by atoms with Gasteiger partial charge in [0, 0.05) is 43.0 Å². The van der Waals surface area contributed by atoms with Gasteiger partial charge < -0.3 is 10.7 Å². The summed E-state index contributed by atoms with van der Waals surface area (Å²) in [6.07, 6.45) is 1.95. The molecule has 25 heavy (non-hydrogen) atoms. The van der Waals surface area contributed by atoms with Gasteiger partial charge in [-0.15, -0.1) is 0 Å². The summed E-state index contributed by atoms with van der Waals surface area (Å²) in [4.78, 5) is 10.5. The van der Waals surface area contributed by atoms with Crippen LogP contribution in [0.1, 0.15) is 17.2 Å². The molecule has 2 atom stereocenters. The highest BCUT2D eigenvalue weighted by atomic mass is 15.2. The summed E-state index contributed by atoms with van der Waals surface area (Å²) in [5.41, 5.74) is 9.73. The van der Waals surface area contributed by atoms with E-state index in [-0.39, 0.29) is 0 Å². The number of nitrogens with zero attached hydrogens (tertiary/aromatic N) is 2. The lowest BCUT2D eigenvalue weighted by Gasteiger charge is -2.16. The van der Waals surface area contributed by atoms with E-state index in [4.69, 9.17) is 5.73 Å². The van der Waals surface area contributed by atoms with Crippen LogP contribution in [0, 0.1) is 5.92 Å². The summed E-state index contributed by atoms with van der Waals surface area (Å²) >= 11 is 0. The van der Waals surface area contributed by atoms with E-state index in [0.717, 1.165) is 43.3 Å². The number of likely N-dealkylation sites (tertiary alicyclic amines) is 1. The van der Waals surface area contributed by atoms with Gasteiger partial charge in [-0.05, 0) is 18.0 Å². The largest absolute Gasteiger partial charge is 0.341 e. The average molecular weight is 332 g/mol. The van der Waals surface area contributed by atoms with Gasteiger partial charge in [0.05, 0.1) is 0 Å². The highest BCUT2D eigenvalue weighted by Gasteiger charge is 2.32. The molecule has 4 nitrogen and oxygen atoms in total. The van der Waals surface area contributed by atoms with Crippen LogP contribution in [0.4, 0.5) is 0 Å². The molecule has 1 aromatic heterocycles. The zero-order chi connectivity index (χ0) is 17.1. The van der Waals surface area contributed by atoms with Gasteiger partial charge in [0.2, 0.25) is 0 Å². The van der Waals surface area contributed by atoms with Crippen LogP contribution in [-0.2, 0) is 6.54 Å². The summed E-state index contributed by atoms with van der Waals surface area (Å²) < 4.78 is 0. The number of rotatable bonds is 5. The Bertz CT molecular complexity index is 797. The van der Waals surface area contributed by atoms with Crippen LogP contribution in [0.25, 0.3) is 11.4 Å². The van der Waals surface area contributed by atoms with E-state index in [2.05, 4.69) is 57.3 Å². The summed E-state index contributed by atoms with van der Waals surface area (Å²) in [7, 11) is 0. The number of hydrogen-bond acceptors (Lipinski definition) is 3. The minimum Gasteiger partial charge on any atom is -0.341 e. The maximum atomic E-state index is 6.05. The van der Waals surface area contributed by atoms with Gasteiger partial charge >= 0.3 is 0 Å². The molecule has 3 aromatic rings. The molecular formula is C21H24N4. The predicted octanol–water partition coefficient (Wildman–Crippen LogP) is 3.25. The zero-order valence-corrected chi connectivity index (χ0v) is 14.3. The highest BCUT2D eigenvalue weighted by molar-refractivity contribution is 5.54. The zero-order valence-electron chi connectivity index (χ0n) is 14.3. The SMILES string of the molecule is NC[C@@H]1CN(Cc2cnc(-c3ccccc3)[nH]2)C[C@H]1c1ccccc1. The van der Waals surface area contributed by atoms with Crippen molar-refractivity contribution in [3.8, 4) is 11.4 Å². The first-order valence-corrected chi connectivity index (χ1v) is 8.90. The maximum absolute atomic E-state index is 6.05. The molecule has 0 radical (unpaired) electrons. The topological polar surface area (TPSA) is 57.9 Å². The Balaban J connectivity index is 1.46. The molecule has 1 saturated heterocycles. The highest BCUT2D eigenvalue weighted by Crippen LogP contribution is 2.32. The van der Waals surface area contributed by atoms with E-state index in [0.29, 0.717) is 11.8 Å². The molecule has 1 aliphatic heterocycles. The second-order valence-electron chi connectivity index (χ2n) is 6.83. The molecule has 0 unspecified atom stereocenters. The molecule has 2 heterocycles. The van der Waals surface area contributed by atoms with Gasteiger partial charge in [-0.1, -0.05) is 60.7 Å². The van der Waals surface area contributed by atoms with Crippen molar-refractivity contribution in [3.63, 3.8) is 0 Å². The smallest absolute Gasteiger partial charge is 0.137 e. The lowest BCUT2D eigenvalue weighted by molar-refractivity contribution is 0.313. The molecule has 0 bridgehead atoms. The number of hydrogen-bond donors (Lipinski definition) is 2. The van der Waals surface area contributed by atoms with E-state index in [9.17, 15) is 0 Å². The third-order valence-electron chi connectivity index (χ3n) is 5.12. The van der Waals surface area contributed by atoms with Crippen molar-refractivity contribution in [2.45, 2.75) is 12.5 Å². The Morgan fingerprint density at radius 2 is 1.72 bits per heavy atom. The lowest BCUT2D eigenvalue weighted by Crippen LogP contribution is -2.23. The van der Waals surface area contributed by atoms with Crippen molar-refractivity contribution >= 4 is 0 Å². The summed E-state index contributed by atoms with van der Waals surface area (Å²) in [5, 5.41) is 0. The molecular weight excluding hydrogens is 308 g/mol. The molecule has 0 aliphatic carbocycles. The Morgan fingerprint density at radius 1 is 1.00 bits per heavy atom. The van der Waals surface area contributed by atoms with E-state index in [1.165, 1.54) is 5.56 Å². The van der Waals surface area contributed by atoms with Crippen molar-refractivity contribution in [1.29, 1.82) is 0 Å². The molecule has 1 fully saturated rings. The van der Waals surface area contributed by atoms with Crippen molar-refractivity contribution in [1.82, 2.24) is 14.9 Å². The Morgan fingerprint density at radius 3 is 2.44 bits per heavy atom. The molecule has 0 saturated carbocycles. The molecule has 0 spiro atoms. The fourth-order valence-corrected chi connectivity index (χ4v) is 3.83. The lowest BCUT2D eigenvalue weighted by atomic mass is 9.89. The summed E-state index contributed by atoms with van der Waals surface area (Å²) in [6.45, 7) is 3.70. The number of aromatic nitrogens is 2. The van der Waals surface area contributed by atoms with E-state index < -0.39 is 0 Å². The minimum atomic E-state index is 0.513. The van der Waals surface area contributed by atoms with Gasteiger partial charge in [-0.3, -0.25) is 4.90 Å². The maximum Gasteiger partial charge on any atom is 0.137 e. The molecule has 3 N–H and O–H groups in total. The fourth-order valence-electron chi connectivity index (χ4n) is 3.83. The Labute approximate surface area is 148 Å². The quantitative estimate of drug-likeness (QED) is 0.754. The fraction of sp³-hybridized carbons (Fsp3) is 0.286. The number of nitrogens with one attached hydrogen (secondary N) is 1. The van der Waals surface area contributed by atoms with E-state index >= 15 is 0 Å². The van der Waals surface area contributed by atoms with Gasteiger partial charge in [0.25, 0.3) is 0 Å². The van der Waals surface area contributed by atoms with Gasteiger partial charge in [0.15, 0.2) is 0 Å². The molecule has 4 rings (SSSR count). The first-order valence-electron chi connectivity index (χ1n) is 8.90. The van der Waals surface area contributed by atoms with Crippen LogP contribution in [0.15, 0.2) is 66.9 Å². The molecule has 1 aliphatic rings. The third kappa shape index (κ3) is 3.50. The summed E-state index contributed by atoms with van der Waals surface area (Å²) in [5.74, 6) is 1.96. The van der Waals surface area contributed by atoms with Gasteiger partial charge in [0.1, 0.15) is 5.82 Å². The number of imidazole rings is 1. The van der Waals surface area contributed by atoms with Crippen LogP contribution in [0.2, 0.25) is 0 Å². The van der Waals surface area contributed by atoms with Crippen LogP contribution in [0.5, 0.6) is 0 Å². The second-order valence-corrected chi connectivity index (χ2v) is 6.83. The molecule has 4 heteroatoms. The summed E-state index contributed by atoms with van der Waals surface area (Å²) in [6, 6.07) is 21.0. The van der Waals surface area contributed by atoms with Crippen LogP contribution in [0.3, 0.4) is 0 Å². The standard InChI is InChI=1S/C21H24N4/c22-11-18-13-25(15-20(18)16-7-3-1-4-8-16)14-19-12-23-21(24-19)17-9-5-2-6-10-17/h1-10,12,18,20H,11,13-15,22H2,(H,23,24)/t18-,20+/m1/s1. The molecule has 128 valence electrons. The normalized spacial score (nSPS) is 20.8. The van der Waals surface area contributed by atoms with Gasteiger partial charge in [-0.2, -0.15) is 0 Å². The van der Waals surface area contributed by atoms with Crippen molar-refractivity contribution < 1.29 is 0 Å². The molecule has 2 aromatic carbocycles. The van der Waals surface area contributed by atoms with Gasteiger partial charge in [-0.25, -0.2) is 4.98 Å². The minimum absolute atomic E-state index is 0.513. The van der Waals surface area contributed by atoms with Crippen molar-refractivity contribution in [2.24, 2.45) is 11.7 Å². The first-order chi connectivity index (χ1) is 12.3. The molecule has 0 amide bonds. The van der Waals surface area contributed by atoms with Crippen molar-refractivity contribution in [3.05, 3.63) is 78.1 Å². The Kier molecular flexibility index (Phi) is 4.63. The first kappa shape index (κ1) is 16.1. The van der Waals surface area contributed by atoms with E-state index in [1.807, 2.05) is 24.4 Å². The number of nitrogens with two attached hydrogens (primary N) is 1.